The van der Waals surface area contributed by atoms with Crippen molar-refractivity contribution in [3.63, 3.8) is 0 Å². The fraction of sp³-hybridized carbons (Fsp3) is 0. The van der Waals surface area contributed by atoms with Crippen LogP contribution in [0, 0.1) is 5.82 Å². The van der Waals surface area contributed by atoms with Crippen molar-refractivity contribution in [3.05, 3.63) is 46.6 Å². The van der Waals surface area contributed by atoms with Crippen molar-refractivity contribution < 1.29 is 4.39 Å². The van der Waals surface area contributed by atoms with Crippen LogP contribution in [0.1, 0.15) is 0 Å². The number of rotatable bonds is 2. The molecular formula is C10H6Cl2FN3. The maximum Gasteiger partial charge on any atom is 0.224 e. The lowest BCUT2D eigenvalue weighted by molar-refractivity contribution is 0.628. The van der Waals surface area contributed by atoms with E-state index in [9.17, 15) is 4.39 Å². The normalized spacial score (nSPS) is 10.2. The van der Waals surface area contributed by atoms with Gasteiger partial charge in [-0.05, 0) is 29.8 Å². The van der Waals surface area contributed by atoms with E-state index in [2.05, 4.69) is 15.3 Å². The van der Waals surface area contributed by atoms with Gasteiger partial charge < -0.3 is 5.32 Å². The first-order valence-corrected chi connectivity index (χ1v) is 5.11. The van der Waals surface area contributed by atoms with Crippen molar-refractivity contribution in [2.45, 2.75) is 0 Å². The maximum absolute atomic E-state index is 12.9. The summed E-state index contributed by atoms with van der Waals surface area (Å²) in [7, 11) is 0. The molecule has 0 aliphatic heterocycles. The molecule has 1 aromatic heterocycles. The fourth-order valence-corrected chi connectivity index (χ4v) is 1.41. The number of benzene rings is 1. The standard InChI is InChI=1S/C10H6Cl2FN3/c11-8-5-14-10(12)16-9(8)15-7-3-1-2-6(13)4-7/h1-5H,(H,14,15,16). The van der Waals surface area contributed by atoms with Gasteiger partial charge in [-0.25, -0.2) is 9.37 Å². The zero-order chi connectivity index (χ0) is 11.5. The Bertz CT molecular complexity index is 519. The summed E-state index contributed by atoms with van der Waals surface area (Å²) in [6.45, 7) is 0. The summed E-state index contributed by atoms with van der Waals surface area (Å²) in [6, 6.07) is 5.94. The average molecular weight is 258 g/mol. The first kappa shape index (κ1) is 11.1. The zero-order valence-corrected chi connectivity index (χ0v) is 9.43. The summed E-state index contributed by atoms with van der Waals surface area (Å²) in [5.41, 5.74) is 0.539. The molecule has 3 nitrogen and oxygen atoms in total. The Morgan fingerprint density at radius 2 is 2.06 bits per heavy atom. The lowest BCUT2D eigenvalue weighted by Crippen LogP contribution is -1.96. The van der Waals surface area contributed by atoms with Crippen molar-refractivity contribution in [3.8, 4) is 0 Å². The van der Waals surface area contributed by atoms with Gasteiger partial charge in [0, 0.05) is 5.69 Å². The van der Waals surface area contributed by atoms with Crippen LogP contribution < -0.4 is 5.32 Å². The predicted molar refractivity (Wildman–Crippen MR) is 61.7 cm³/mol. The molecule has 6 heteroatoms. The molecule has 0 atom stereocenters. The van der Waals surface area contributed by atoms with Gasteiger partial charge in [-0.3, -0.25) is 0 Å². The Kier molecular flexibility index (Phi) is 3.22. The van der Waals surface area contributed by atoms with Gasteiger partial charge in [-0.2, -0.15) is 4.98 Å². The van der Waals surface area contributed by atoms with Gasteiger partial charge in [0.1, 0.15) is 10.8 Å². The minimum atomic E-state index is -0.346. The van der Waals surface area contributed by atoms with E-state index < -0.39 is 0 Å². The van der Waals surface area contributed by atoms with Gasteiger partial charge in [0.05, 0.1) is 6.20 Å². The van der Waals surface area contributed by atoms with Crippen LogP contribution in [0.3, 0.4) is 0 Å². The van der Waals surface area contributed by atoms with Crippen molar-refractivity contribution in [2.75, 3.05) is 5.32 Å². The quantitative estimate of drug-likeness (QED) is 0.835. The molecule has 1 heterocycles. The van der Waals surface area contributed by atoms with E-state index >= 15 is 0 Å². The van der Waals surface area contributed by atoms with E-state index in [0.29, 0.717) is 16.5 Å². The summed E-state index contributed by atoms with van der Waals surface area (Å²) in [6.07, 6.45) is 1.37. The highest BCUT2D eigenvalue weighted by atomic mass is 35.5. The van der Waals surface area contributed by atoms with Gasteiger partial charge in [-0.1, -0.05) is 17.7 Å². The van der Waals surface area contributed by atoms with Gasteiger partial charge in [-0.15, -0.1) is 0 Å². The second-order valence-corrected chi connectivity index (χ2v) is 3.72. The second-order valence-electron chi connectivity index (χ2n) is 2.97. The number of halogens is 3. The highest BCUT2D eigenvalue weighted by Crippen LogP contribution is 2.23. The minimum Gasteiger partial charge on any atom is -0.339 e. The molecule has 2 aromatic rings. The van der Waals surface area contributed by atoms with Crippen LogP contribution in [0.4, 0.5) is 15.9 Å². The number of aromatic nitrogens is 2. The molecule has 0 spiro atoms. The number of nitrogens with one attached hydrogen (secondary N) is 1. The van der Waals surface area contributed by atoms with Crippen LogP contribution >= 0.6 is 23.2 Å². The predicted octanol–water partition coefficient (Wildman–Crippen LogP) is 3.67. The van der Waals surface area contributed by atoms with Crippen molar-refractivity contribution in [1.29, 1.82) is 0 Å². The van der Waals surface area contributed by atoms with Crippen LogP contribution in [0.2, 0.25) is 10.3 Å². The highest BCUT2D eigenvalue weighted by molar-refractivity contribution is 6.33. The number of anilines is 2. The molecule has 0 radical (unpaired) electrons. The summed E-state index contributed by atoms with van der Waals surface area (Å²) < 4.78 is 12.9. The molecular weight excluding hydrogens is 252 g/mol. The topological polar surface area (TPSA) is 37.8 Å². The molecule has 0 bridgehead atoms. The number of nitrogens with zero attached hydrogens (tertiary/aromatic N) is 2. The first-order valence-electron chi connectivity index (χ1n) is 4.36. The molecule has 0 amide bonds. The van der Waals surface area contributed by atoms with Crippen LogP contribution in [-0.2, 0) is 0 Å². The molecule has 0 saturated heterocycles. The molecule has 2 rings (SSSR count). The molecule has 82 valence electrons. The van der Waals surface area contributed by atoms with Gasteiger partial charge in [0.25, 0.3) is 0 Å². The molecule has 1 aromatic carbocycles. The third-order valence-corrected chi connectivity index (χ3v) is 2.26. The van der Waals surface area contributed by atoms with E-state index in [1.165, 1.54) is 18.3 Å². The highest BCUT2D eigenvalue weighted by Gasteiger charge is 2.04. The minimum absolute atomic E-state index is 0.0725. The molecule has 16 heavy (non-hydrogen) atoms. The van der Waals surface area contributed by atoms with Crippen LogP contribution in [-0.4, -0.2) is 9.97 Å². The van der Waals surface area contributed by atoms with Crippen LogP contribution in [0.25, 0.3) is 0 Å². The van der Waals surface area contributed by atoms with E-state index in [4.69, 9.17) is 23.2 Å². The second kappa shape index (κ2) is 4.63. The molecule has 0 saturated carbocycles. The molecule has 0 aliphatic rings. The third-order valence-electron chi connectivity index (χ3n) is 1.80. The van der Waals surface area contributed by atoms with E-state index in [-0.39, 0.29) is 11.1 Å². The van der Waals surface area contributed by atoms with E-state index in [1.54, 1.807) is 12.1 Å². The Morgan fingerprint density at radius 1 is 1.25 bits per heavy atom. The van der Waals surface area contributed by atoms with Crippen molar-refractivity contribution >= 4 is 34.7 Å². The van der Waals surface area contributed by atoms with Gasteiger partial charge in [0.2, 0.25) is 5.28 Å². The van der Waals surface area contributed by atoms with Crippen LogP contribution in [0.15, 0.2) is 30.5 Å². The summed E-state index contributed by atoms with van der Waals surface area (Å²) in [5, 5.41) is 3.23. The summed E-state index contributed by atoms with van der Waals surface area (Å²) in [5.74, 6) is -0.00598. The monoisotopic (exact) mass is 257 g/mol. The van der Waals surface area contributed by atoms with Crippen molar-refractivity contribution in [2.24, 2.45) is 0 Å². The van der Waals surface area contributed by atoms with E-state index in [0.717, 1.165) is 0 Å². The molecule has 0 unspecified atom stereocenters. The van der Waals surface area contributed by atoms with Gasteiger partial charge in [0.15, 0.2) is 5.82 Å². The lowest BCUT2D eigenvalue weighted by atomic mass is 10.3. The summed E-state index contributed by atoms with van der Waals surface area (Å²) >= 11 is 11.5. The third kappa shape index (κ3) is 2.59. The summed E-state index contributed by atoms with van der Waals surface area (Å²) in [4.78, 5) is 7.59. The Morgan fingerprint density at radius 3 is 2.81 bits per heavy atom. The van der Waals surface area contributed by atoms with Gasteiger partial charge >= 0.3 is 0 Å². The SMILES string of the molecule is Fc1cccc(Nc2nc(Cl)ncc2Cl)c1. The fourth-order valence-electron chi connectivity index (χ4n) is 1.14. The van der Waals surface area contributed by atoms with E-state index in [1.807, 2.05) is 0 Å². The van der Waals surface area contributed by atoms with Crippen LogP contribution in [0.5, 0.6) is 0 Å². The lowest BCUT2D eigenvalue weighted by Gasteiger charge is -2.06. The largest absolute Gasteiger partial charge is 0.339 e. The first-order chi connectivity index (χ1) is 7.65. The molecule has 0 aliphatic carbocycles. The molecule has 0 fully saturated rings. The Balaban J connectivity index is 2.30. The zero-order valence-electron chi connectivity index (χ0n) is 7.92. The number of hydrogen-bond acceptors (Lipinski definition) is 3. The smallest absolute Gasteiger partial charge is 0.224 e. The Hall–Kier alpha value is -1.39. The average Bonchev–Trinajstić information content (AvgIpc) is 2.24. The maximum atomic E-state index is 12.9. The molecule has 1 N–H and O–H groups in total. The Labute approximate surface area is 101 Å². The number of hydrogen-bond donors (Lipinski definition) is 1. The van der Waals surface area contributed by atoms with Crippen molar-refractivity contribution in [1.82, 2.24) is 9.97 Å².